The smallest absolute Gasteiger partial charge is 0.436 e. The van der Waals surface area contributed by atoms with E-state index < -0.39 is 35.1 Å². The molecule has 28 heavy (non-hydrogen) atoms. The Bertz CT molecular complexity index is 922. The molecule has 0 bridgehead atoms. The van der Waals surface area contributed by atoms with Crippen LogP contribution >= 0.6 is 15.9 Å². The molecule has 0 saturated carbocycles. The molecule has 1 aromatic heterocycles. The van der Waals surface area contributed by atoms with Gasteiger partial charge in [-0.2, -0.15) is 31.4 Å². The van der Waals surface area contributed by atoms with E-state index in [4.69, 9.17) is 0 Å². The predicted octanol–water partition coefficient (Wildman–Crippen LogP) is 4.49. The van der Waals surface area contributed by atoms with Crippen LogP contribution in [0.25, 0.3) is 0 Å². The number of hydrogen-bond acceptors (Lipinski definition) is 4. The molecule has 0 atom stereocenters. The first kappa shape index (κ1) is 20.5. The number of carbonyl (C=O) groups excluding carboxylic acids is 1. The Morgan fingerprint density at radius 1 is 1.14 bits per heavy atom. The molecule has 1 aliphatic heterocycles. The number of anilines is 1. The second-order valence-corrected chi connectivity index (χ2v) is 6.94. The zero-order valence-corrected chi connectivity index (χ0v) is 15.7. The van der Waals surface area contributed by atoms with Gasteiger partial charge in [-0.05, 0) is 23.8 Å². The van der Waals surface area contributed by atoms with Crippen molar-refractivity contribution >= 4 is 27.7 Å². The van der Waals surface area contributed by atoms with Gasteiger partial charge in [0.15, 0.2) is 5.69 Å². The summed E-state index contributed by atoms with van der Waals surface area (Å²) in [4.78, 5) is 13.4. The van der Waals surface area contributed by atoms with Gasteiger partial charge in [-0.15, -0.1) is 0 Å². The number of ether oxygens (including phenoxy) is 1. The minimum atomic E-state index is -4.88. The maximum Gasteiger partial charge on any atom is 0.436 e. The van der Waals surface area contributed by atoms with Crippen LogP contribution in [0.3, 0.4) is 0 Å². The van der Waals surface area contributed by atoms with Crippen molar-refractivity contribution in [3.05, 3.63) is 45.1 Å². The lowest BCUT2D eigenvalue weighted by atomic mass is 10.1. The van der Waals surface area contributed by atoms with Crippen molar-refractivity contribution in [1.29, 1.82) is 0 Å². The molecule has 0 fully saturated rings. The van der Waals surface area contributed by atoms with Crippen LogP contribution in [0.2, 0.25) is 0 Å². The first-order valence-electron chi connectivity index (χ1n) is 7.79. The number of hydrogen-bond donors (Lipinski definition) is 0. The number of alkyl halides is 6. The molecule has 0 aliphatic carbocycles. The standard InChI is InChI=1S/C16H12BrF6N3O2/c1-28-14(27)11-12(16(21,22)23)24-26-3-2-25(13(11)26)7-8-4-9(15(18,19)20)6-10(17)5-8/h4-6H,2-3,7H2,1H3. The number of rotatable bonds is 3. The molecule has 1 aliphatic rings. The van der Waals surface area contributed by atoms with Gasteiger partial charge in [-0.3, -0.25) is 0 Å². The van der Waals surface area contributed by atoms with E-state index in [1.165, 1.54) is 11.0 Å². The topological polar surface area (TPSA) is 47.4 Å². The Morgan fingerprint density at radius 2 is 1.82 bits per heavy atom. The maximum atomic E-state index is 13.3. The third-order valence-electron chi connectivity index (χ3n) is 4.12. The van der Waals surface area contributed by atoms with Crippen molar-refractivity contribution in [2.45, 2.75) is 25.4 Å². The Morgan fingerprint density at radius 3 is 2.39 bits per heavy atom. The molecule has 2 heterocycles. The highest BCUT2D eigenvalue weighted by Crippen LogP contribution is 2.39. The fourth-order valence-corrected chi connectivity index (χ4v) is 3.56. The van der Waals surface area contributed by atoms with Crippen molar-refractivity contribution in [2.24, 2.45) is 0 Å². The molecule has 152 valence electrons. The van der Waals surface area contributed by atoms with Crippen molar-refractivity contribution in [3.63, 3.8) is 0 Å². The summed E-state index contributed by atoms with van der Waals surface area (Å²) >= 11 is 3.01. The van der Waals surface area contributed by atoms with Crippen molar-refractivity contribution in [3.8, 4) is 0 Å². The summed E-state index contributed by atoms with van der Waals surface area (Å²) in [5.41, 5.74) is -2.82. The van der Waals surface area contributed by atoms with Crippen molar-refractivity contribution in [2.75, 3.05) is 18.6 Å². The lowest BCUT2D eigenvalue weighted by molar-refractivity contribution is -0.142. The Labute approximate surface area is 163 Å². The molecular weight excluding hydrogens is 460 g/mol. The number of carbonyl (C=O) groups is 1. The summed E-state index contributed by atoms with van der Waals surface area (Å²) in [6.45, 7) is 0.0867. The molecular formula is C16H12BrF6N3O2. The molecule has 2 aromatic rings. The van der Waals surface area contributed by atoms with Crippen LogP contribution in [-0.2, 0) is 30.2 Å². The SMILES string of the molecule is COC(=O)c1c(C(F)(F)F)nn2c1N(Cc1cc(Br)cc(C(F)(F)F)c1)CC2. The molecule has 0 saturated heterocycles. The largest absolute Gasteiger partial charge is 0.465 e. The van der Waals surface area contributed by atoms with Crippen LogP contribution in [0, 0.1) is 0 Å². The highest BCUT2D eigenvalue weighted by molar-refractivity contribution is 9.10. The molecule has 0 radical (unpaired) electrons. The van der Waals surface area contributed by atoms with Crippen molar-refractivity contribution < 1.29 is 35.9 Å². The summed E-state index contributed by atoms with van der Waals surface area (Å²) < 4.78 is 84.5. The summed E-state index contributed by atoms with van der Waals surface area (Å²) in [7, 11) is 0.940. The maximum absolute atomic E-state index is 13.3. The number of nitrogens with zero attached hydrogens (tertiary/aromatic N) is 3. The molecule has 3 rings (SSSR count). The second-order valence-electron chi connectivity index (χ2n) is 6.03. The van der Waals surface area contributed by atoms with Crippen LogP contribution in [0.1, 0.15) is 27.2 Å². The van der Waals surface area contributed by atoms with Crippen molar-refractivity contribution in [1.82, 2.24) is 9.78 Å². The Balaban J connectivity index is 2.03. The number of benzene rings is 1. The predicted molar refractivity (Wildman–Crippen MR) is 88.8 cm³/mol. The average Bonchev–Trinajstić information content (AvgIpc) is 3.12. The van der Waals surface area contributed by atoms with E-state index in [1.807, 2.05) is 0 Å². The van der Waals surface area contributed by atoms with E-state index in [2.05, 4.69) is 25.8 Å². The van der Waals surface area contributed by atoms with E-state index in [-0.39, 0.29) is 35.5 Å². The van der Waals surface area contributed by atoms with Gasteiger partial charge in [0.2, 0.25) is 0 Å². The molecule has 12 heteroatoms. The average molecular weight is 472 g/mol. The molecule has 1 aromatic carbocycles. The third kappa shape index (κ3) is 3.82. The first-order valence-corrected chi connectivity index (χ1v) is 8.59. The molecule has 0 N–H and O–H groups in total. The molecule has 0 spiro atoms. The van der Waals surface area contributed by atoms with Gasteiger partial charge in [-0.25, -0.2) is 9.48 Å². The Kier molecular flexibility index (Phi) is 5.11. The van der Waals surface area contributed by atoms with Gasteiger partial charge in [0.1, 0.15) is 11.4 Å². The highest BCUT2D eigenvalue weighted by atomic mass is 79.9. The van der Waals surface area contributed by atoms with Crippen LogP contribution < -0.4 is 4.90 Å². The van der Waals surface area contributed by atoms with Gasteiger partial charge in [0.05, 0.1) is 19.2 Å². The second kappa shape index (κ2) is 6.98. The number of aromatic nitrogens is 2. The number of fused-ring (bicyclic) bond motifs is 1. The van der Waals surface area contributed by atoms with Crippen LogP contribution in [0.4, 0.5) is 32.2 Å². The van der Waals surface area contributed by atoms with E-state index in [9.17, 15) is 31.1 Å². The number of methoxy groups -OCH3 is 1. The van der Waals surface area contributed by atoms with E-state index in [1.54, 1.807) is 0 Å². The van der Waals surface area contributed by atoms with Gasteiger partial charge in [-0.1, -0.05) is 15.9 Å². The fourth-order valence-electron chi connectivity index (χ4n) is 3.02. The van der Waals surface area contributed by atoms with E-state index in [0.717, 1.165) is 23.9 Å². The zero-order valence-electron chi connectivity index (χ0n) is 14.2. The van der Waals surface area contributed by atoms with Crippen LogP contribution in [-0.4, -0.2) is 29.4 Å². The van der Waals surface area contributed by atoms with Gasteiger partial charge in [0, 0.05) is 17.6 Å². The minimum Gasteiger partial charge on any atom is -0.465 e. The normalized spacial score (nSPS) is 14.4. The van der Waals surface area contributed by atoms with Crippen LogP contribution in [0.15, 0.2) is 22.7 Å². The summed E-state index contributed by atoms with van der Waals surface area (Å²) in [6, 6.07) is 3.24. The highest BCUT2D eigenvalue weighted by Gasteiger charge is 2.44. The zero-order chi connectivity index (χ0) is 20.9. The molecule has 5 nitrogen and oxygen atoms in total. The summed E-state index contributed by atoms with van der Waals surface area (Å²) in [5, 5.41) is 3.46. The number of halogens is 7. The Hall–Kier alpha value is -2.24. The van der Waals surface area contributed by atoms with Gasteiger partial charge < -0.3 is 9.64 Å². The molecule has 0 unspecified atom stereocenters. The van der Waals surface area contributed by atoms with Gasteiger partial charge in [0.25, 0.3) is 0 Å². The van der Waals surface area contributed by atoms with Gasteiger partial charge >= 0.3 is 18.3 Å². The third-order valence-corrected chi connectivity index (χ3v) is 4.58. The lowest BCUT2D eigenvalue weighted by Crippen LogP contribution is -2.24. The summed E-state index contributed by atoms with van der Waals surface area (Å²) in [6.07, 6.45) is -9.46. The molecule has 0 amide bonds. The van der Waals surface area contributed by atoms with E-state index >= 15 is 0 Å². The quantitative estimate of drug-likeness (QED) is 0.488. The van der Waals surface area contributed by atoms with Crippen LogP contribution in [0.5, 0.6) is 0 Å². The van der Waals surface area contributed by atoms with E-state index in [0.29, 0.717) is 0 Å². The fraction of sp³-hybridized carbons (Fsp3) is 0.375. The first-order chi connectivity index (χ1) is 12.9. The summed E-state index contributed by atoms with van der Waals surface area (Å²) in [5.74, 6) is -1.35. The number of esters is 1. The monoisotopic (exact) mass is 471 g/mol. The minimum absolute atomic E-state index is 0.0511. The lowest BCUT2D eigenvalue weighted by Gasteiger charge is -2.20.